The first-order valence-corrected chi connectivity index (χ1v) is 6.28. The summed E-state index contributed by atoms with van der Waals surface area (Å²) in [5.74, 6) is -0.462. The van der Waals surface area contributed by atoms with Crippen LogP contribution in [-0.4, -0.2) is 25.7 Å². The number of aromatic nitrogens is 4. The minimum atomic E-state index is -0.402. The number of para-hydroxylation sites is 1. The van der Waals surface area contributed by atoms with Gasteiger partial charge >= 0.3 is 0 Å². The minimum absolute atomic E-state index is 0.0601. The summed E-state index contributed by atoms with van der Waals surface area (Å²) in [4.78, 5) is 20.8. The molecule has 1 aliphatic rings. The maximum Gasteiger partial charge on any atom is 0.238 e. The van der Waals surface area contributed by atoms with Crippen molar-refractivity contribution in [2.24, 2.45) is 7.05 Å². The molecular formula is C14H11N5O. The van der Waals surface area contributed by atoms with Crippen LogP contribution < -0.4 is 5.32 Å². The van der Waals surface area contributed by atoms with Crippen LogP contribution in [0.5, 0.6) is 0 Å². The van der Waals surface area contributed by atoms with E-state index in [9.17, 15) is 4.79 Å². The Bertz CT molecular complexity index is 838. The second kappa shape index (κ2) is 3.86. The molecule has 3 aromatic rings. The van der Waals surface area contributed by atoms with E-state index >= 15 is 0 Å². The number of amides is 1. The molecule has 0 spiro atoms. The molecule has 0 radical (unpaired) electrons. The molecule has 98 valence electrons. The normalized spacial score (nSPS) is 17.2. The van der Waals surface area contributed by atoms with Gasteiger partial charge in [0.15, 0.2) is 5.65 Å². The van der Waals surface area contributed by atoms with Gasteiger partial charge in [0.2, 0.25) is 5.91 Å². The molecule has 6 nitrogen and oxygen atoms in total. The van der Waals surface area contributed by atoms with Crippen molar-refractivity contribution in [1.29, 1.82) is 0 Å². The molecule has 0 aliphatic carbocycles. The van der Waals surface area contributed by atoms with Crippen LogP contribution in [0.15, 0.2) is 36.8 Å². The fourth-order valence-electron chi connectivity index (χ4n) is 2.69. The highest BCUT2D eigenvalue weighted by Crippen LogP contribution is 2.37. The van der Waals surface area contributed by atoms with Gasteiger partial charge in [0.25, 0.3) is 0 Å². The van der Waals surface area contributed by atoms with Crippen LogP contribution >= 0.6 is 0 Å². The Morgan fingerprint density at radius 1 is 1.25 bits per heavy atom. The molecule has 20 heavy (non-hydrogen) atoms. The van der Waals surface area contributed by atoms with Crippen LogP contribution in [0.1, 0.15) is 17.2 Å². The maximum absolute atomic E-state index is 12.3. The number of rotatable bonds is 1. The van der Waals surface area contributed by atoms with Crippen molar-refractivity contribution in [2.45, 2.75) is 5.92 Å². The van der Waals surface area contributed by atoms with Gasteiger partial charge in [-0.25, -0.2) is 9.97 Å². The average Bonchev–Trinajstić information content (AvgIpc) is 2.99. The zero-order valence-electron chi connectivity index (χ0n) is 10.7. The first-order valence-electron chi connectivity index (χ1n) is 6.28. The van der Waals surface area contributed by atoms with Gasteiger partial charge in [-0.15, -0.1) is 0 Å². The van der Waals surface area contributed by atoms with Gasteiger partial charge in [0.05, 0.1) is 17.3 Å². The molecule has 1 unspecified atom stereocenters. The molecule has 1 amide bonds. The number of carbonyl (C=O) groups is 1. The summed E-state index contributed by atoms with van der Waals surface area (Å²) < 4.78 is 1.68. The summed E-state index contributed by atoms with van der Waals surface area (Å²) in [6, 6.07) is 7.67. The predicted octanol–water partition coefficient (Wildman–Crippen LogP) is 1.45. The number of carbonyl (C=O) groups excluding carboxylic acids is 1. The van der Waals surface area contributed by atoms with Crippen LogP contribution in [0.3, 0.4) is 0 Å². The van der Waals surface area contributed by atoms with E-state index in [0.29, 0.717) is 5.69 Å². The third-order valence-electron chi connectivity index (χ3n) is 3.63. The van der Waals surface area contributed by atoms with Crippen LogP contribution in [0.25, 0.3) is 11.0 Å². The molecule has 0 fully saturated rings. The number of fused-ring (bicyclic) bond motifs is 2. The van der Waals surface area contributed by atoms with Gasteiger partial charge < -0.3 is 5.32 Å². The van der Waals surface area contributed by atoms with Crippen molar-refractivity contribution in [3.05, 3.63) is 48.0 Å². The lowest BCUT2D eigenvalue weighted by Gasteiger charge is -2.08. The molecule has 0 bridgehead atoms. The molecule has 2 aromatic heterocycles. The Morgan fingerprint density at radius 2 is 2.10 bits per heavy atom. The van der Waals surface area contributed by atoms with Gasteiger partial charge in [0, 0.05) is 12.7 Å². The number of benzene rings is 1. The van der Waals surface area contributed by atoms with E-state index in [1.807, 2.05) is 31.3 Å². The monoisotopic (exact) mass is 265 g/mol. The molecule has 0 saturated heterocycles. The van der Waals surface area contributed by atoms with E-state index in [-0.39, 0.29) is 5.91 Å². The van der Waals surface area contributed by atoms with Gasteiger partial charge in [-0.05, 0) is 11.6 Å². The first-order chi connectivity index (χ1) is 9.75. The number of aryl methyl sites for hydroxylation is 1. The summed E-state index contributed by atoms with van der Waals surface area (Å²) in [7, 11) is 1.82. The summed E-state index contributed by atoms with van der Waals surface area (Å²) in [6.07, 6.45) is 3.19. The number of hydrogen-bond donors (Lipinski definition) is 1. The Balaban J connectivity index is 1.98. The van der Waals surface area contributed by atoms with Crippen molar-refractivity contribution < 1.29 is 4.79 Å². The highest BCUT2D eigenvalue weighted by molar-refractivity contribution is 6.06. The standard InChI is InChI=1S/C14H11N5O/c1-19-13-9(6-17-19)12(15-7-16-13)11-8-4-2-3-5-10(8)18-14(11)20/h2-7,11H,1H3,(H,18,20). The molecule has 0 saturated carbocycles. The lowest BCUT2D eigenvalue weighted by molar-refractivity contribution is -0.116. The van der Waals surface area contributed by atoms with E-state index in [1.165, 1.54) is 6.33 Å². The summed E-state index contributed by atoms with van der Waals surface area (Å²) in [5, 5.41) is 7.89. The molecule has 1 atom stereocenters. The van der Waals surface area contributed by atoms with Crippen molar-refractivity contribution >= 4 is 22.6 Å². The highest BCUT2D eigenvalue weighted by atomic mass is 16.2. The lowest BCUT2D eigenvalue weighted by Crippen LogP contribution is -2.15. The Kier molecular flexibility index (Phi) is 2.14. The van der Waals surface area contributed by atoms with Gasteiger partial charge in [-0.3, -0.25) is 9.48 Å². The zero-order valence-corrected chi connectivity index (χ0v) is 10.7. The molecular weight excluding hydrogens is 254 g/mol. The van der Waals surface area contributed by atoms with Crippen LogP contribution in [-0.2, 0) is 11.8 Å². The van der Waals surface area contributed by atoms with Crippen molar-refractivity contribution in [2.75, 3.05) is 5.32 Å². The fourth-order valence-corrected chi connectivity index (χ4v) is 2.69. The molecule has 3 heterocycles. The molecule has 1 aliphatic heterocycles. The summed E-state index contributed by atoms with van der Waals surface area (Å²) >= 11 is 0. The largest absolute Gasteiger partial charge is 0.325 e. The molecule has 1 aromatic carbocycles. The van der Waals surface area contributed by atoms with E-state index in [2.05, 4.69) is 20.4 Å². The lowest BCUT2D eigenvalue weighted by atomic mass is 9.95. The van der Waals surface area contributed by atoms with Crippen LogP contribution in [0.4, 0.5) is 5.69 Å². The first kappa shape index (κ1) is 11.1. The smallest absolute Gasteiger partial charge is 0.238 e. The minimum Gasteiger partial charge on any atom is -0.325 e. The Labute approximate surface area is 114 Å². The fraction of sp³-hybridized carbons (Fsp3) is 0.143. The highest BCUT2D eigenvalue weighted by Gasteiger charge is 2.34. The van der Waals surface area contributed by atoms with E-state index in [1.54, 1.807) is 10.9 Å². The van der Waals surface area contributed by atoms with E-state index in [4.69, 9.17) is 0 Å². The van der Waals surface area contributed by atoms with Crippen molar-refractivity contribution in [1.82, 2.24) is 19.7 Å². The van der Waals surface area contributed by atoms with Crippen molar-refractivity contribution in [3.8, 4) is 0 Å². The third-order valence-corrected chi connectivity index (χ3v) is 3.63. The SMILES string of the molecule is Cn1ncc2c(C3C(=O)Nc4ccccc43)ncnc21. The van der Waals surface area contributed by atoms with Crippen LogP contribution in [0, 0.1) is 0 Å². The Hall–Kier alpha value is -2.76. The van der Waals surface area contributed by atoms with Crippen molar-refractivity contribution in [3.63, 3.8) is 0 Å². The quantitative estimate of drug-likeness (QED) is 0.722. The zero-order chi connectivity index (χ0) is 13.7. The number of nitrogens with zero attached hydrogens (tertiary/aromatic N) is 4. The maximum atomic E-state index is 12.3. The number of hydrogen-bond acceptors (Lipinski definition) is 4. The second-order valence-corrected chi connectivity index (χ2v) is 4.77. The molecule has 4 rings (SSSR count). The van der Waals surface area contributed by atoms with Gasteiger partial charge in [-0.2, -0.15) is 5.10 Å². The summed E-state index contributed by atoms with van der Waals surface area (Å²) in [5.41, 5.74) is 3.22. The predicted molar refractivity (Wildman–Crippen MR) is 73.2 cm³/mol. The van der Waals surface area contributed by atoms with Gasteiger partial charge in [-0.1, -0.05) is 18.2 Å². The molecule has 6 heteroatoms. The van der Waals surface area contributed by atoms with Crippen LogP contribution in [0.2, 0.25) is 0 Å². The van der Waals surface area contributed by atoms with Gasteiger partial charge in [0.1, 0.15) is 12.2 Å². The average molecular weight is 265 g/mol. The number of anilines is 1. The van der Waals surface area contributed by atoms with E-state index < -0.39 is 5.92 Å². The molecule has 1 N–H and O–H groups in total. The topological polar surface area (TPSA) is 72.7 Å². The van der Waals surface area contributed by atoms with E-state index in [0.717, 1.165) is 22.3 Å². The third kappa shape index (κ3) is 1.38. The number of nitrogens with one attached hydrogen (secondary N) is 1. The Morgan fingerprint density at radius 3 is 3.00 bits per heavy atom. The second-order valence-electron chi connectivity index (χ2n) is 4.77. The summed E-state index contributed by atoms with van der Waals surface area (Å²) in [6.45, 7) is 0.